The highest BCUT2D eigenvalue weighted by Gasteiger charge is 2.18. The van der Waals surface area contributed by atoms with Gasteiger partial charge in [-0.25, -0.2) is 0 Å². The SMILES string of the molecule is CN(CCCNc1ccnc2cc(Cl)ccc12)C[C]1[CH][CH][CH][CH]1. The molecule has 2 aromatic rings. The van der Waals surface area contributed by atoms with E-state index in [1.807, 2.05) is 30.5 Å². The third-order valence-corrected chi connectivity index (χ3v) is 4.16. The van der Waals surface area contributed by atoms with Gasteiger partial charge >= 0.3 is 0 Å². The molecular weight excluding hydrogens is 306 g/mol. The van der Waals surface area contributed by atoms with Crippen molar-refractivity contribution in [3.63, 3.8) is 0 Å². The molecule has 1 aromatic carbocycles. The van der Waals surface area contributed by atoms with E-state index < -0.39 is 0 Å². The number of hydrogen-bond acceptors (Lipinski definition) is 3. The van der Waals surface area contributed by atoms with Crippen molar-refractivity contribution in [2.24, 2.45) is 0 Å². The Balaban J connectivity index is 1.47. The van der Waals surface area contributed by atoms with Crippen LogP contribution in [0.4, 0.5) is 5.69 Å². The van der Waals surface area contributed by atoms with E-state index >= 15 is 0 Å². The van der Waals surface area contributed by atoms with Gasteiger partial charge in [-0.2, -0.15) is 0 Å². The van der Waals surface area contributed by atoms with Crippen molar-refractivity contribution in [1.29, 1.82) is 0 Å². The van der Waals surface area contributed by atoms with E-state index in [0.717, 1.165) is 47.7 Å². The van der Waals surface area contributed by atoms with Crippen LogP contribution >= 0.6 is 11.6 Å². The lowest BCUT2D eigenvalue weighted by Gasteiger charge is -2.20. The number of anilines is 1. The fraction of sp³-hybridized carbons (Fsp3) is 0.263. The maximum atomic E-state index is 6.02. The van der Waals surface area contributed by atoms with Gasteiger partial charge in [0, 0.05) is 35.4 Å². The summed E-state index contributed by atoms with van der Waals surface area (Å²) < 4.78 is 0. The van der Waals surface area contributed by atoms with E-state index in [4.69, 9.17) is 11.6 Å². The van der Waals surface area contributed by atoms with Crippen molar-refractivity contribution in [3.05, 3.63) is 67.1 Å². The molecule has 1 fully saturated rings. The van der Waals surface area contributed by atoms with Gasteiger partial charge in [0.1, 0.15) is 0 Å². The molecule has 0 spiro atoms. The van der Waals surface area contributed by atoms with Crippen molar-refractivity contribution in [1.82, 2.24) is 9.88 Å². The number of halogens is 1. The maximum absolute atomic E-state index is 6.02. The molecule has 23 heavy (non-hydrogen) atoms. The smallest absolute Gasteiger partial charge is 0.0737 e. The molecule has 1 aromatic heterocycles. The van der Waals surface area contributed by atoms with Crippen LogP contribution in [0.3, 0.4) is 0 Å². The van der Waals surface area contributed by atoms with Gasteiger partial charge in [0.05, 0.1) is 5.52 Å². The zero-order chi connectivity index (χ0) is 16.1. The molecule has 1 aliphatic rings. The van der Waals surface area contributed by atoms with E-state index in [2.05, 4.69) is 47.9 Å². The maximum Gasteiger partial charge on any atom is 0.0737 e. The number of aromatic nitrogens is 1. The largest absolute Gasteiger partial charge is 0.384 e. The number of nitrogens with one attached hydrogen (secondary N) is 1. The summed E-state index contributed by atoms with van der Waals surface area (Å²) >= 11 is 6.02. The first kappa shape index (κ1) is 16.5. The quantitative estimate of drug-likeness (QED) is 0.779. The van der Waals surface area contributed by atoms with E-state index in [-0.39, 0.29) is 0 Å². The van der Waals surface area contributed by atoms with Crippen LogP contribution in [0.2, 0.25) is 5.02 Å². The van der Waals surface area contributed by atoms with Crippen molar-refractivity contribution < 1.29 is 0 Å². The van der Waals surface area contributed by atoms with E-state index in [0.29, 0.717) is 0 Å². The lowest BCUT2D eigenvalue weighted by atomic mass is 10.1. The van der Waals surface area contributed by atoms with Crippen LogP contribution in [-0.2, 0) is 0 Å². The Morgan fingerprint density at radius 2 is 2.00 bits per heavy atom. The lowest BCUT2D eigenvalue weighted by molar-refractivity contribution is 0.350. The van der Waals surface area contributed by atoms with Gasteiger partial charge in [0.25, 0.3) is 0 Å². The predicted molar refractivity (Wildman–Crippen MR) is 97.8 cm³/mol. The highest BCUT2D eigenvalue weighted by Crippen LogP contribution is 2.25. The highest BCUT2D eigenvalue weighted by molar-refractivity contribution is 6.31. The Bertz CT molecular complexity index is 638. The molecule has 1 heterocycles. The monoisotopic (exact) mass is 326 g/mol. The molecule has 0 bridgehead atoms. The molecular formula is C19H21ClN3. The third-order valence-electron chi connectivity index (χ3n) is 3.92. The molecule has 1 aliphatic carbocycles. The summed E-state index contributed by atoms with van der Waals surface area (Å²) in [5.74, 6) is 1.37. The van der Waals surface area contributed by atoms with Crippen molar-refractivity contribution in [2.75, 3.05) is 32.0 Å². The van der Waals surface area contributed by atoms with Gasteiger partial charge in [-0.1, -0.05) is 11.6 Å². The zero-order valence-corrected chi connectivity index (χ0v) is 14.1. The van der Waals surface area contributed by atoms with Crippen molar-refractivity contribution in [2.45, 2.75) is 6.42 Å². The Morgan fingerprint density at radius 1 is 1.17 bits per heavy atom. The molecule has 0 atom stereocenters. The minimum absolute atomic E-state index is 0.719. The molecule has 1 N–H and O–H groups in total. The molecule has 3 rings (SSSR count). The number of rotatable bonds is 7. The first-order valence-corrected chi connectivity index (χ1v) is 8.27. The summed E-state index contributed by atoms with van der Waals surface area (Å²) in [4.78, 5) is 6.72. The summed E-state index contributed by atoms with van der Waals surface area (Å²) in [6, 6.07) is 7.85. The van der Waals surface area contributed by atoms with Crippen LogP contribution in [0.25, 0.3) is 10.9 Å². The molecule has 119 valence electrons. The second-order valence-electron chi connectivity index (χ2n) is 5.83. The van der Waals surface area contributed by atoms with Gasteiger partial charge in [0.15, 0.2) is 0 Å². The Hall–Kier alpha value is -1.32. The van der Waals surface area contributed by atoms with E-state index in [1.54, 1.807) is 0 Å². The number of benzene rings is 1. The van der Waals surface area contributed by atoms with Gasteiger partial charge in [-0.15, -0.1) is 0 Å². The first-order valence-electron chi connectivity index (χ1n) is 7.89. The van der Waals surface area contributed by atoms with Crippen LogP contribution < -0.4 is 5.32 Å². The standard InChI is InChI=1S/C19H21ClN3/c1-23(14-15-5-2-3-6-15)12-4-10-21-18-9-11-22-19-13-16(20)7-8-17(18)19/h2-3,5-9,11,13H,4,10,12,14H2,1H3,(H,21,22). The minimum atomic E-state index is 0.719. The van der Waals surface area contributed by atoms with Crippen molar-refractivity contribution in [3.8, 4) is 0 Å². The Kier molecular flexibility index (Phi) is 5.74. The summed E-state index contributed by atoms with van der Waals surface area (Å²) in [7, 11) is 2.16. The molecule has 1 saturated carbocycles. The van der Waals surface area contributed by atoms with Crippen LogP contribution in [-0.4, -0.2) is 36.6 Å². The molecule has 0 unspecified atom stereocenters. The molecule has 3 nitrogen and oxygen atoms in total. The molecule has 5 radical (unpaired) electrons. The van der Waals surface area contributed by atoms with Crippen LogP contribution in [0.5, 0.6) is 0 Å². The number of pyridine rings is 1. The summed E-state index contributed by atoms with van der Waals surface area (Å²) in [5.41, 5.74) is 2.04. The first-order chi connectivity index (χ1) is 11.2. The number of nitrogens with zero attached hydrogens (tertiary/aromatic N) is 2. The topological polar surface area (TPSA) is 28.2 Å². The highest BCUT2D eigenvalue weighted by atomic mass is 35.5. The van der Waals surface area contributed by atoms with E-state index in [9.17, 15) is 0 Å². The summed E-state index contributed by atoms with van der Waals surface area (Å²) in [5, 5.41) is 5.34. The van der Waals surface area contributed by atoms with Crippen molar-refractivity contribution >= 4 is 28.2 Å². The second kappa shape index (κ2) is 7.98. The Morgan fingerprint density at radius 3 is 2.83 bits per heavy atom. The predicted octanol–water partition coefficient (Wildman–Crippen LogP) is 4.03. The summed E-state index contributed by atoms with van der Waals surface area (Å²) in [6.07, 6.45) is 11.4. The van der Waals surface area contributed by atoms with Gasteiger partial charge in [-0.05, 0) is 75.9 Å². The van der Waals surface area contributed by atoms with Gasteiger partial charge < -0.3 is 10.2 Å². The molecule has 0 aliphatic heterocycles. The third kappa shape index (κ3) is 4.58. The average molecular weight is 327 g/mol. The number of hydrogen-bond donors (Lipinski definition) is 1. The molecule has 0 amide bonds. The average Bonchev–Trinajstić information content (AvgIpc) is 3.04. The van der Waals surface area contributed by atoms with Gasteiger partial charge in [-0.3, -0.25) is 4.98 Å². The number of fused-ring (bicyclic) bond motifs is 1. The van der Waals surface area contributed by atoms with Crippen LogP contribution in [0, 0.1) is 31.6 Å². The molecule has 0 saturated heterocycles. The minimum Gasteiger partial charge on any atom is -0.384 e. The van der Waals surface area contributed by atoms with Crippen LogP contribution in [0.1, 0.15) is 6.42 Å². The Labute approximate surface area is 144 Å². The lowest BCUT2D eigenvalue weighted by Crippen LogP contribution is -2.26. The van der Waals surface area contributed by atoms with E-state index in [1.165, 1.54) is 5.92 Å². The summed E-state index contributed by atoms with van der Waals surface area (Å²) in [6.45, 7) is 3.00. The fourth-order valence-corrected chi connectivity index (χ4v) is 2.92. The van der Waals surface area contributed by atoms with Crippen LogP contribution in [0.15, 0.2) is 30.5 Å². The second-order valence-corrected chi connectivity index (χ2v) is 6.27. The molecule has 4 heteroatoms. The van der Waals surface area contributed by atoms with Gasteiger partial charge in [0.2, 0.25) is 0 Å². The fourth-order valence-electron chi connectivity index (χ4n) is 2.76. The zero-order valence-electron chi connectivity index (χ0n) is 13.3. The normalized spacial score (nSPS) is 15.6.